The molecule has 1 saturated heterocycles. The van der Waals surface area contributed by atoms with E-state index in [0.717, 1.165) is 0 Å². The molecule has 0 amide bonds. The van der Waals surface area contributed by atoms with Gasteiger partial charge in [-0.1, -0.05) is 243 Å². The lowest BCUT2D eigenvalue weighted by Crippen LogP contribution is -2.07. The fourth-order valence-electron chi connectivity index (χ4n) is 5.50. The summed E-state index contributed by atoms with van der Waals surface area (Å²) in [6, 6.07) is 83.1. The Balaban J connectivity index is 0.000000191. The molecular formula is C52H50O5. The van der Waals surface area contributed by atoms with Crippen molar-refractivity contribution in [2.75, 3.05) is 13.2 Å². The number of rotatable bonds is 5. The Labute approximate surface area is 337 Å². The highest BCUT2D eigenvalue weighted by Crippen LogP contribution is 2.20. The number of hydrogen-bond acceptors (Lipinski definition) is 3. The van der Waals surface area contributed by atoms with Crippen molar-refractivity contribution in [2.24, 2.45) is 0 Å². The number of benzene rings is 8. The maximum Gasteiger partial charge on any atom is 0.214 e. The maximum absolute atomic E-state index is 9.76. The molecule has 288 valence electrons. The zero-order chi connectivity index (χ0) is 38.0. The smallest absolute Gasteiger partial charge is 0.214 e. The van der Waals surface area contributed by atoms with Gasteiger partial charge in [-0.2, -0.15) is 0 Å². The summed E-state index contributed by atoms with van der Waals surface area (Å²) in [4.78, 5) is 9.76. The lowest BCUT2D eigenvalue weighted by Gasteiger charge is -1.98. The summed E-state index contributed by atoms with van der Waals surface area (Å²) in [5.41, 5.74) is 10.2. The standard InChI is InChI=1S/4C12H10.C4H6O3.2H2O/c4*1-3-7-11(8-4-1)12-9-5-2-6-10-12;5-3-4-6-1-2-7-4;;/h4*1-10H;3-4H,1-2H2;2*1H2. The number of hydrogen-bond donors (Lipinski definition) is 0. The quantitative estimate of drug-likeness (QED) is 0.164. The fraction of sp³-hybridized carbons (Fsp3) is 0.0577. The van der Waals surface area contributed by atoms with Crippen molar-refractivity contribution in [3.8, 4) is 44.5 Å². The highest BCUT2D eigenvalue weighted by molar-refractivity contribution is 5.65. The Kier molecular flexibility index (Phi) is 21.1. The van der Waals surface area contributed by atoms with Gasteiger partial charge >= 0.3 is 0 Å². The molecule has 0 spiro atoms. The topological polar surface area (TPSA) is 98.5 Å². The Morgan fingerprint density at radius 1 is 0.281 bits per heavy atom. The van der Waals surface area contributed by atoms with E-state index in [2.05, 4.69) is 194 Å². The van der Waals surface area contributed by atoms with Crippen LogP contribution in [0.5, 0.6) is 0 Å². The van der Waals surface area contributed by atoms with Crippen LogP contribution in [0.2, 0.25) is 0 Å². The van der Waals surface area contributed by atoms with E-state index in [9.17, 15) is 4.79 Å². The van der Waals surface area contributed by atoms with Gasteiger partial charge in [0.25, 0.3) is 0 Å². The third-order valence-electron chi connectivity index (χ3n) is 8.28. The van der Waals surface area contributed by atoms with Gasteiger partial charge < -0.3 is 20.4 Å². The summed E-state index contributed by atoms with van der Waals surface area (Å²) in [7, 11) is 0. The molecule has 4 N–H and O–H groups in total. The summed E-state index contributed by atoms with van der Waals surface area (Å²) in [6.45, 7) is 1.09. The number of carbonyl (C=O) groups is 1. The molecule has 1 heterocycles. The number of carbonyl (C=O) groups excluding carboxylic acids is 1. The van der Waals surface area contributed by atoms with Crippen LogP contribution < -0.4 is 0 Å². The summed E-state index contributed by atoms with van der Waals surface area (Å²) in [5.74, 6) is 0. The molecular weight excluding hydrogens is 705 g/mol. The van der Waals surface area contributed by atoms with Crippen molar-refractivity contribution in [1.82, 2.24) is 0 Å². The van der Waals surface area contributed by atoms with E-state index < -0.39 is 6.29 Å². The molecule has 1 aliphatic heterocycles. The van der Waals surface area contributed by atoms with Gasteiger partial charge in [0.1, 0.15) is 0 Å². The van der Waals surface area contributed by atoms with Crippen molar-refractivity contribution in [2.45, 2.75) is 6.29 Å². The third kappa shape index (κ3) is 16.3. The van der Waals surface area contributed by atoms with Gasteiger partial charge in [-0.15, -0.1) is 0 Å². The Morgan fingerprint density at radius 2 is 0.421 bits per heavy atom. The monoisotopic (exact) mass is 754 g/mol. The molecule has 5 nitrogen and oxygen atoms in total. The average Bonchev–Trinajstić information content (AvgIpc) is 3.84. The largest absolute Gasteiger partial charge is 0.412 e. The minimum absolute atomic E-state index is 0. The minimum atomic E-state index is -0.583. The van der Waals surface area contributed by atoms with E-state index in [1.807, 2.05) is 48.5 Å². The molecule has 57 heavy (non-hydrogen) atoms. The Morgan fingerprint density at radius 3 is 0.526 bits per heavy atom. The zero-order valence-corrected chi connectivity index (χ0v) is 31.9. The van der Waals surface area contributed by atoms with Crippen LogP contribution in [0.15, 0.2) is 243 Å². The van der Waals surface area contributed by atoms with Crippen molar-refractivity contribution < 1.29 is 25.2 Å². The second kappa shape index (κ2) is 26.9. The van der Waals surface area contributed by atoms with Gasteiger partial charge in [0.05, 0.1) is 13.2 Å². The molecule has 0 aromatic heterocycles. The first-order chi connectivity index (χ1) is 27.3. The van der Waals surface area contributed by atoms with Crippen molar-refractivity contribution in [3.05, 3.63) is 243 Å². The summed E-state index contributed by atoms with van der Waals surface area (Å²) < 4.78 is 9.42. The normalized spacial score (nSPS) is 10.9. The first-order valence-corrected chi connectivity index (χ1v) is 18.4. The molecule has 0 atom stereocenters. The lowest BCUT2D eigenvalue weighted by molar-refractivity contribution is -0.130. The van der Waals surface area contributed by atoms with Gasteiger partial charge in [0, 0.05) is 0 Å². The number of ether oxygens (including phenoxy) is 2. The summed E-state index contributed by atoms with van der Waals surface area (Å²) >= 11 is 0. The maximum atomic E-state index is 9.76. The predicted molar refractivity (Wildman–Crippen MR) is 236 cm³/mol. The van der Waals surface area contributed by atoms with E-state index in [4.69, 9.17) is 9.47 Å². The number of aldehydes is 1. The van der Waals surface area contributed by atoms with Gasteiger partial charge in [-0.3, -0.25) is 4.79 Å². The van der Waals surface area contributed by atoms with E-state index in [-0.39, 0.29) is 11.0 Å². The summed E-state index contributed by atoms with van der Waals surface area (Å²) in [6.07, 6.45) is 0.0625. The van der Waals surface area contributed by atoms with Crippen LogP contribution in [0, 0.1) is 0 Å². The molecule has 1 aliphatic rings. The predicted octanol–water partition coefficient (Wildman–Crippen LogP) is 11.3. The molecule has 0 radical (unpaired) electrons. The molecule has 5 heteroatoms. The van der Waals surface area contributed by atoms with Crippen molar-refractivity contribution in [1.29, 1.82) is 0 Å². The van der Waals surface area contributed by atoms with Crippen molar-refractivity contribution >= 4 is 6.29 Å². The molecule has 9 rings (SSSR count). The van der Waals surface area contributed by atoms with E-state index in [1.54, 1.807) is 0 Å². The van der Waals surface area contributed by atoms with E-state index in [0.29, 0.717) is 19.5 Å². The van der Waals surface area contributed by atoms with Crippen LogP contribution in [0.3, 0.4) is 0 Å². The second-order valence-corrected chi connectivity index (χ2v) is 12.2. The summed E-state index contributed by atoms with van der Waals surface area (Å²) in [5, 5.41) is 0. The van der Waals surface area contributed by atoms with Gasteiger partial charge in [0.15, 0.2) is 6.29 Å². The first kappa shape index (κ1) is 44.7. The highest BCUT2D eigenvalue weighted by atomic mass is 16.7. The van der Waals surface area contributed by atoms with E-state index in [1.165, 1.54) is 44.5 Å². The first-order valence-electron chi connectivity index (χ1n) is 18.4. The molecule has 8 aromatic carbocycles. The molecule has 0 aliphatic carbocycles. The molecule has 1 fully saturated rings. The molecule has 8 aromatic rings. The van der Waals surface area contributed by atoms with Crippen molar-refractivity contribution in [3.63, 3.8) is 0 Å². The minimum Gasteiger partial charge on any atom is -0.412 e. The Hall–Kier alpha value is -6.73. The second-order valence-electron chi connectivity index (χ2n) is 12.2. The van der Waals surface area contributed by atoms with Gasteiger partial charge in [0.2, 0.25) is 6.29 Å². The van der Waals surface area contributed by atoms with Crippen LogP contribution in [0.25, 0.3) is 44.5 Å². The van der Waals surface area contributed by atoms with Crippen LogP contribution in [0.4, 0.5) is 0 Å². The molecule has 0 bridgehead atoms. The SMILES string of the molecule is O.O.O=CC1OCCO1.c1ccc(-c2ccccc2)cc1.c1ccc(-c2ccccc2)cc1.c1ccc(-c2ccccc2)cc1.c1ccc(-c2ccccc2)cc1. The third-order valence-corrected chi connectivity index (χ3v) is 8.28. The van der Waals surface area contributed by atoms with Gasteiger partial charge in [-0.05, 0) is 44.5 Å². The Bertz CT molecular complexity index is 1680. The molecule has 0 saturated carbocycles. The van der Waals surface area contributed by atoms with Crippen LogP contribution >= 0.6 is 0 Å². The average molecular weight is 755 g/mol. The van der Waals surface area contributed by atoms with Crippen LogP contribution in [-0.4, -0.2) is 36.7 Å². The fourth-order valence-corrected chi connectivity index (χ4v) is 5.50. The highest BCUT2D eigenvalue weighted by Gasteiger charge is 2.12. The lowest BCUT2D eigenvalue weighted by atomic mass is 10.1. The molecule has 0 unspecified atom stereocenters. The van der Waals surface area contributed by atoms with E-state index >= 15 is 0 Å². The van der Waals surface area contributed by atoms with Crippen LogP contribution in [-0.2, 0) is 14.3 Å². The van der Waals surface area contributed by atoms with Gasteiger partial charge in [-0.25, -0.2) is 0 Å². The van der Waals surface area contributed by atoms with Crippen LogP contribution in [0.1, 0.15) is 0 Å². The zero-order valence-electron chi connectivity index (χ0n) is 31.9.